The average molecular weight is 395 g/mol. The first-order valence-electron chi connectivity index (χ1n) is 9.56. The van der Waals surface area contributed by atoms with Gasteiger partial charge in [0, 0.05) is 0 Å². The van der Waals surface area contributed by atoms with E-state index in [1.807, 2.05) is 26.0 Å². The molecule has 1 atom stereocenters. The third kappa shape index (κ3) is 8.95. The standard InChI is InChI=1S/C20H30O6Si/c1-3-25-16-11-9-12-17(19(16)26-4-2)27-13-8-6-5-7-10-15(20(23)24)14-18(21)22/h9,11-12,15H,3-8,10,13-14H2,1-2H3,(H,21,22)(H,23,24). The lowest BCUT2D eigenvalue weighted by Crippen LogP contribution is -2.18. The zero-order valence-electron chi connectivity index (χ0n) is 16.2. The number of aliphatic carboxylic acids is 2. The highest BCUT2D eigenvalue weighted by Crippen LogP contribution is 2.25. The molecule has 6 nitrogen and oxygen atoms in total. The number of ether oxygens (including phenoxy) is 2. The van der Waals surface area contributed by atoms with Gasteiger partial charge in [-0.15, -0.1) is 0 Å². The molecule has 1 rings (SSSR count). The Bertz CT molecular complexity index is 590. The number of carboxylic acids is 2. The van der Waals surface area contributed by atoms with Crippen LogP contribution in [-0.2, 0) is 9.59 Å². The van der Waals surface area contributed by atoms with Gasteiger partial charge in [0.05, 0.1) is 35.1 Å². The van der Waals surface area contributed by atoms with Crippen molar-refractivity contribution in [3.05, 3.63) is 18.2 Å². The Morgan fingerprint density at radius 3 is 2.37 bits per heavy atom. The van der Waals surface area contributed by atoms with E-state index in [0.717, 1.165) is 43.2 Å². The van der Waals surface area contributed by atoms with E-state index in [-0.39, 0.29) is 6.42 Å². The minimum Gasteiger partial charge on any atom is -0.490 e. The van der Waals surface area contributed by atoms with Crippen molar-refractivity contribution >= 4 is 26.6 Å². The van der Waals surface area contributed by atoms with Crippen LogP contribution >= 0.6 is 0 Å². The minimum absolute atomic E-state index is 0.299. The molecule has 0 fully saturated rings. The van der Waals surface area contributed by atoms with E-state index in [1.165, 1.54) is 5.19 Å². The molecule has 2 radical (unpaired) electrons. The summed E-state index contributed by atoms with van der Waals surface area (Å²) >= 11 is 0. The molecule has 0 aliphatic heterocycles. The van der Waals surface area contributed by atoms with Crippen molar-refractivity contribution in [3.63, 3.8) is 0 Å². The Morgan fingerprint density at radius 1 is 1.04 bits per heavy atom. The first-order valence-corrected chi connectivity index (χ1v) is 10.8. The second-order valence-electron chi connectivity index (χ2n) is 6.26. The van der Waals surface area contributed by atoms with Gasteiger partial charge in [0.2, 0.25) is 0 Å². The molecule has 1 aromatic carbocycles. The van der Waals surface area contributed by atoms with Crippen molar-refractivity contribution in [2.75, 3.05) is 13.2 Å². The van der Waals surface area contributed by atoms with E-state index in [2.05, 4.69) is 6.07 Å². The van der Waals surface area contributed by atoms with Crippen molar-refractivity contribution in [3.8, 4) is 11.5 Å². The second-order valence-corrected chi connectivity index (χ2v) is 7.65. The molecule has 2 N–H and O–H groups in total. The predicted molar refractivity (Wildman–Crippen MR) is 105 cm³/mol. The van der Waals surface area contributed by atoms with E-state index >= 15 is 0 Å². The molecule has 0 aliphatic carbocycles. The van der Waals surface area contributed by atoms with Gasteiger partial charge in [-0.2, -0.15) is 0 Å². The summed E-state index contributed by atoms with van der Waals surface area (Å²) in [5.74, 6) is -1.21. The molecule has 1 unspecified atom stereocenters. The van der Waals surface area contributed by atoms with Gasteiger partial charge in [-0.25, -0.2) is 0 Å². The van der Waals surface area contributed by atoms with Gasteiger partial charge in [0.25, 0.3) is 0 Å². The van der Waals surface area contributed by atoms with Crippen LogP contribution in [0.5, 0.6) is 11.5 Å². The Hall–Kier alpha value is -2.02. The number of benzene rings is 1. The fraction of sp³-hybridized carbons (Fsp3) is 0.600. The van der Waals surface area contributed by atoms with Crippen molar-refractivity contribution in [2.45, 2.75) is 58.4 Å². The van der Waals surface area contributed by atoms with E-state index < -0.39 is 17.9 Å². The molecular formula is C20H30O6Si. The van der Waals surface area contributed by atoms with Crippen LogP contribution in [0.1, 0.15) is 52.4 Å². The number of para-hydroxylation sites is 1. The molecule has 1 aromatic rings. The van der Waals surface area contributed by atoms with Crippen molar-refractivity contribution in [1.29, 1.82) is 0 Å². The zero-order chi connectivity index (χ0) is 20.1. The predicted octanol–water partition coefficient (Wildman–Crippen LogP) is 3.36. The highest BCUT2D eigenvalue weighted by molar-refractivity contribution is 6.54. The Kier molecular flexibility index (Phi) is 11.2. The minimum atomic E-state index is -1.05. The number of hydrogen-bond acceptors (Lipinski definition) is 4. The van der Waals surface area contributed by atoms with E-state index in [9.17, 15) is 9.59 Å². The first-order chi connectivity index (χ1) is 13.0. The normalized spacial score (nSPS) is 11.8. The van der Waals surface area contributed by atoms with Crippen LogP contribution in [0.25, 0.3) is 0 Å². The number of unbranched alkanes of at least 4 members (excludes halogenated alkanes) is 3. The summed E-state index contributed by atoms with van der Waals surface area (Å²) in [6.45, 7) is 5.12. The Labute approximate surface area is 163 Å². The summed E-state index contributed by atoms with van der Waals surface area (Å²) < 4.78 is 11.4. The van der Waals surface area contributed by atoms with Crippen LogP contribution < -0.4 is 14.7 Å². The topological polar surface area (TPSA) is 93.1 Å². The summed E-state index contributed by atoms with van der Waals surface area (Å²) in [6.07, 6.45) is 3.87. The first kappa shape index (κ1) is 23.0. The second kappa shape index (κ2) is 13.2. The van der Waals surface area contributed by atoms with Crippen LogP contribution in [-0.4, -0.2) is 44.9 Å². The van der Waals surface area contributed by atoms with Gasteiger partial charge >= 0.3 is 11.9 Å². The lowest BCUT2D eigenvalue weighted by atomic mass is 9.98. The summed E-state index contributed by atoms with van der Waals surface area (Å²) in [5.41, 5.74) is 0. The lowest BCUT2D eigenvalue weighted by Gasteiger charge is -2.14. The van der Waals surface area contributed by atoms with Crippen LogP contribution in [0.2, 0.25) is 6.04 Å². The van der Waals surface area contributed by atoms with Gasteiger partial charge < -0.3 is 19.7 Å². The largest absolute Gasteiger partial charge is 0.490 e. The van der Waals surface area contributed by atoms with Crippen LogP contribution in [0, 0.1) is 5.92 Å². The summed E-state index contributed by atoms with van der Waals surface area (Å²) in [4.78, 5) is 21.7. The maximum absolute atomic E-state index is 11.0. The molecule has 0 heterocycles. The highest BCUT2D eigenvalue weighted by atomic mass is 28.2. The molecule has 0 saturated carbocycles. The number of carboxylic acid groups (broad SMARTS) is 2. The summed E-state index contributed by atoms with van der Waals surface area (Å²) in [7, 11) is 0.637. The number of hydrogen-bond donors (Lipinski definition) is 2. The molecule has 0 aromatic heterocycles. The number of rotatable bonds is 15. The van der Waals surface area contributed by atoms with Crippen molar-refractivity contribution in [1.82, 2.24) is 0 Å². The van der Waals surface area contributed by atoms with E-state index in [4.69, 9.17) is 19.7 Å². The molecule has 150 valence electrons. The van der Waals surface area contributed by atoms with Gasteiger partial charge in [-0.1, -0.05) is 43.9 Å². The molecule has 0 amide bonds. The number of carbonyl (C=O) groups is 2. The third-order valence-corrected chi connectivity index (χ3v) is 5.51. The zero-order valence-corrected chi connectivity index (χ0v) is 17.2. The smallest absolute Gasteiger partial charge is 0.307 e. The molecule has 0 spiro atoms. The highest BCUT2D eigenvalue weighted by Gasteiger charge is 2.20. The van der Waals surface area contributed by atoms with Crippen molar-refractivity contribution in [2.24, 2.45) is 5.92 Å². The fourth-order valence-corrected chi connectivity index (χ4v) is 4.10. The quantitative estimate of drug-likeness (QED) is 0.350. The maximum Gasteiger partial charge on any atom is 0.307 e. The lowest BCUT2D eigenvalue weighted by molar-refractivity contribution is -0.148. The molecule has 7 heteroatoms. The molecule has 27 heavy (non-hydrogen) atoms. The van der Waals surface area contributed by atoms with Gasteiger partial charge in [0.15, 0.2) is 11.5 Å². The third-order valence-electron chi connectivity index (χ3n) is 4.13. The van der Waals surface area contributed by atoms with E-state index in [0.29, 0.717) is 29.2 Å². The average Bonchev–Trinajstić information content (AvgIpc) is 2.62. The monoisotopic (exact) mass is 394 g/mol. The maximum atomic E-state index is 11.0. The Balaban J connectivity index is 2.35. The summed E-state index contributed by atoms with van der Waals surface area (Å²) in [5, 5.41) is 19.0. The molecule has 0 bridgehead atoms. The van der Waals surface area contributed by atoms with Crippen LogP contribution in [0.15, 0.2) is 18.2 Å². The van der Waals surface area contributed by atoms with Crippen LogP contribution in [0.4, 0.5) is 0 Å². The van der Waals surface area contributed by atoms with Gasteiger partial charge in [-0.3, -0.25) is 9.59 Å². The Morgan fingerprint density at radius 2 is 1.74 bits per heavy atom. The van der Waals surface area contributed by atoms with Gasteiger partial charge in [0.1, 0.15) is 0 Å². The van der Waals surface area contributed by atoms with Gasteiger partial charge in [-0.05, 0) is 31.5 Å². The SMILES string of the molecule is CCOc1cccc([Si]CCCCCCC(CC(=O)O)C(=O)O)c1OCC. The fourth-order valence-electron chi connectivity index (χ4n) is 2.83. The molecule has 0 saturated heterocycles. The van der Waals surface area contributed by atoms with Crippen LogP contribution in [0.3, 0.4) is 0 Å². The molecule has 0 aliphatic rings. The van der Waals surface area contributed by atoms with E-state index in [1.54, 1.807) is 0 Å². The molecular weight excluding hydrogens is 364 g/mol. The van der Waals surface area contributed by atoms with Crippen molar-refractivity contribution < 1.29 is 29.3 Å². The summed E-state index contributed by atoms with van der Waals surface area (Å²) in [6, 6.07) is 7.05.